The molecule has 3 rings (SSSR count). The van der Waals surface area contributed by atoms with Crippen molar-refractivity contribution in [1.82, 2.24) is 5.32 Å². The molecule has 0 aliphatic heterocycles. The summed E-state index contributed by atoms with van der Waals surface area (Å²) in [5.74, 6) is 0.557. The van der Waals surface area contributed by atoms with Crippen LogP contribution in [0.3, 0.4) is 0 Å². The van der Waals surface area contributed by atoms with Crippen LogP contribution in [0.4, 0.5) is 0 Å². The van der Waals surface area contributed by atoms with E-state index in [1.54, 1.807) is 30.3 Å². The lowest BCUT2D eigenvalue weighted by molar-refractivity contribution is -0.123. The zero-order chi connectivity index (χ0) is 21.3. The number of halogens is 1. The highest BCUT2D eigenvalue weighted by molar-refractivity contribution is 6.30. The average Bonchev–Trinajstić information content (AvgIpc) is 2.78. The van der Waals surface area contributed by atoms with Crippen LogP contribution in [0.2, 0.25) is 5.02 Å². The highest BCUT2D eigenvalue weighted by Crippen LogP contribution is 2.28. The summed E-state index contributed by atoms with van der Waals surface area (Å²) < 4.78 is 11.2. The molecular weight excluding hydrogens is 400 g/mol. The molecule has 0 aliphatic rings. The smallest absolute Gasteiger partial charge is 0.258 e. The molecular formula is C24H21ClN2O3. The van der Waals surface area contributed by atoms with E-state index in [-0.39, 0.29) is 18.6 Å². The first kappa shape index (κ1) is 21.2. The Morgan fingerprint density at radius 1 is 1.00 bits per heavy atom. The number of rotatable bonds is 8. The summed E-state index contributed by atoms with van der Waals surface area (Å²) in [6, 6.07) is 23.6. The van der Waals surface area contributed by atoms with Crippen LogP contribution in [-0.2, 0) is 4.79 Å². The molecule has 0 aliphatic carbocycles. The van der Waals surface area contributed by atoms with Gasteiger partial charge in [0.1, 0.15) is 0 Å². The predicted molar refractivity (Wildman–Crippen MR) is 116 cm³/mol. The van der Waals surface area contributed by atoms with Crippen LogP contribution >= 0.6 is 11.6 Å². The Morgan fingerprint density at radius 3 is 2.37 bits per heavy atom. The van der Waals surface area contributed by atoms with Crippen molar-refractivity contribution in [3.8, 4) is 17.6 Å². The fourth-order valence-corrected chi connectivity index (χ4v) is 3.10. The van der Waals surface area contributed by atoms with E-state index >= 15 is 0 Å². The topological polar surface area (TPSA) is 71.3 Å². The lowest BCUT2D eigenvalue weighted by Crippen LogP contribution is -2.33. The molecule has 0 saturated heterocycles. The van der Waals surface area contributed by atoms with Gasteiger partial charge in [0.2, 0.25) is 0 Å². The monoisotopic (exact) mass is 420 g/mol. The maximum absolute atomic E-state index is 12.7. The van der Waals surface area contributed by atoms with Crippen LogP contribution in [0.25, 0.3) is 0 Å². The van der Waals surface area contributed by atoms with Crippen LogP contribution in [0.5, 0.6) is 11.5 Å². The maximum atomic E-state index is 12.7. The van der Waals surface area contributed by atoms with E-state index in [9.17, 15) is 4.79 Å². The van der Waals surface area contributed by atoms with E-state index < -0.39 is 0 Å². The van der Waals surface area contributed by atoms with Gasteiger partial charge < -0.3 is 14.8 Å². The second-order valence-corrected chi connectivity index (χ2v) is 6.89. The number of nitrogens with zero attached hydrogens (tertiary/aromatic N) is 1. The average molecular weight is 421 g/mol. The van der Waals surface area contributed by atoms with Crippen molar-refractivity contribution >= 4 is 17.5 Å². The van der Waals surface area contributed by atoms with Crippen LogP contribution in [0, 0.1) is 11.3 Å². The first-order valence-electron chi connectivity index (χ1n) is 9.50. The predicted octanol–water partition coefficient (Wildman–Crippen LogP) is 4.89. The second-order valence-electron chi connectivity index (χ2n) is 6.46. The van der Waals surface area contributed by atoms with Gasteiger partial charge in [-0.05, 0) is 42.3 Å². The largest absolute Gasteiger partial charge is 0.490 e. The molecule has 1 unspecified atom stereocenters. The Labute approximate surface area is 180 Å². The van der Waals surface area contributed by atoms with E-state index in [0.717, 1.165) is 11.1 Å². The van der Waals surface area contributed by atoms with Crippen molar-refractivity contribution in [2.75, 3.05) is 13.2 Å². The summed E-state index contributed by atoms with van der Waals surface area (Å²) in [5.41, 5.74) is 2.32. The fraction of sp³-hybridized carbons (Fsp3) is 0.167. The molecule has 5 nitrogen and oxygen atoms in total. The molecule has 0 radical (unpaired) electrons. The molecule has 1 atom stereocenters. The number of benzene rings is 3. The Balaban J connectivity index is 1.74. The van der Waals surface area contributed by atoms with Crippen LogP contribution in [0.15, 0.2) is 72.8 Å². The summed E-state index contributed by atoms with van der Waals surface area (Å²) in [6.45, 7) is 2.07. The fourth-order valence-electron chi connectivity index (χ4n) is 2.97. The Hall–Kier alpha value is -3.49. The normalized spacial score (nSPS) is 11.2. The minimum atomic E-state index is -0.341. The molecule has 3 aromatic rings. The van der Waals surface area contributed by atoms with Crippen molar-refractivity contribution in [3.63, 3.8) is 0 Å². The molecule has 0 heterocycles. The maximum Gasteiger partial charge on any atom is 0.258 e. The first-order valence-corrected chi connectivity index (χ1v) is 9.88. The van der Waals surface area contributed by atoms with E-state index in [4.69, 9.17) is 26.3 Å². The SMILES string of the molecule is CCOc1cc(C#N)ccc1OCC(=O)NC(c1ccccc1)c1ccc(Cl)cc1. The molecule has 6 heteroatoms. The molecule has 0 bridgehead atoms. The van der Waals surface area contributed by atoms with Gasteiger partial charge in [-0.1, -0.05) is 54.1 Å². The van der Waals surface area contributed by atoms with Gasteiger partial charge in [-0.2, -0.15) is 5.26 Å². The van der Waals surface area contributed by atoms with Crippen molar-refractivity contribution in [1.29, 1.82) is 5.26 Å². The number of amides is 1. The van der Waals surface area contributed by atoms with Gasteiger partial charge >= 0.3 is 0 Å². The molecule has 30 heavy (non-hydrogen) atoms. The standard InChI is InChI=1S/C24H21ClN2O3/c1-2-29-22-14-17(15-26)8-13-21(22)30-16-23(28)27-24(18-6-4-3-5-7-18)19-9-11-20(25)12-10-19/h3-14,24H,2,16H2,1H3,(H,27,28). The van der Waals surface area contributed by atoms with Gasteiger partial charge in [0.15, 0.2) is 18.1 Å². The van der Waals surface area contributed by atoms with Crippen molar-refractivity contribution < 1.29 is 14.3 Å². The molecule has 0 aromatic heterocycles. The van der Waals surface area contributed by atoms with Gasteiger partial charge in [-0.25, -0.2) is 0 Å². The van der Waals surface area contributed by atoms with Gasteiger partial charge in [0.25, 0.3) is 5.91 Å². The molecule has 1 amide bonds. The van der Waals surface area contributed by atoms with Crippen LogP contribution < -0.4 is 14.8 Å². The summed E-state index contributed by atoms with van der Waals surface area (Å²) in [7, 11) is 0. The molecule has 3 aromatic carbocycles. The molecule has 152 valence electrons. The lowest BCUT2D eigenvalue weighted by Gasteiger charge is -2.20. The third-order valence-corrected chi connectivity index (χ3v) is 4.62. The lowest BCUT2D eigenvalue weighted by atomic mass is 9.99. The zero-order valence-corrected chi connectivity index (χ0v) is 17.2. The Morgan fingerprint density at radius 2 is 1.70 bits per heavy atom. The minimum absolute atomic E-state index is 0.192. The zero-order valence-electron chi connectivity index (χ0n) is 16.5. The quantitative estimate of drug-likeness (QED) is 0.563. The number of nitrogens with one attached hydrogen (secondary N) is 1. The number of ether oxygens (including phenoxy) is 2. The van der Waals surface area contributed by atoms with Gasteiger partial charge in [-0.15, -0.1) is 0 Å². The molecule has 0 saturated carbocycles. The molecule has 1 N–H and O–H groups in total. The molecule has 0 spiro atoms. The van der Waals surface area contributed by atoms with E-state index in [1.165, 1.54) is 0 Å². The number of carbonyl (C=O) groups excluding carboxylic acids is 1. The summed E-state index contributed by atoms with van der Waals surface area (Å²) >= 11 is 6.01. The third-order valence-electron chi connectivity index (χ3n) is 4.37. The van der Waals surface area contributed by atoms with E-state index in [0.29, 0.717) is 28.7 Å². The van der Waals surface area contributed by atoms with Crippen LogP contribution in [0.1, 0.15) is 29.7 Å². The summed E-state index contributed by atoms with van der Waals surface area (Å²) in [6.07, 6.45) is 0. The number of nitriles is 1. The van der Waals surface area contributed by atoms with Gasteiger partial charge in [0.05, 0.1) is 24.3 Å². The second kappa shape index (κ2) is 10.3. The highest BCUT2D eigenvalue weighted by atomic mass is 35.5. The molecule has 0 fully saturated rings. The minimum Gasteiger partial charge on any atom is -0.490 e. The Kier molecular flexibility index (Phi) is 7.31. The summed E-state index contributed by atoms with van der Waals surface area (Å²) in [4.78, 5) is 12.7. The van der Waals surface area contributed by atoms with Crippen LogP contribution in [-0.4, -0.2) is 19.1 Å². The van der Waals surface area contributed by atoms with Crippen molar-refractivity contribution in [2.45, 2.75) is 13.0 Å². The van der Waals surface area contributed by atoms with Gasteiger partial charge in [0, 0.05) is 11.1 Å². The highest BCUT2D eigenvalue weighted by Gasteiger charge is 2.18. The number of carbonyl (C=O) groups is 1. The summed E-state index contributed by atoms with van der Waals surface area (Å²) in [5, 5.41) is 12.7. The van der Waals surface area contributed by atoms with Crippen molar-refractivity contribution in [2.24, 2.45) is 0 Å². The number of hydrogen-bond acceptors (Lipinski definition) is 4. The Bertz CT molecular complexity index is 1030. The van der Waals surface area contributed by atoms with E-state index in [1.807, 2.05) is 49.4 Å². The van der Waals surface area contributed by atoms with Crippen molar-refractivity contribution in [3.05, 3.63) is 94.5 Å². The number of hydrogen-bond donors (Lipinski definition) is 1. The van der Waals surface area contributed by atoms with E-state index in [2.05, 4.69) is 11.4 Å². The van der Waals surface area contributed by atoms with Gasteiger partial charge in [-0.3, -0.25) is 4.79 Å². The third kappa shape index (κ3) is 5.53. The first-order chi connectivity index (χ1) is 14.6.